The molecule has 0 unspecified atom stereocenters. The van der Waals surface area contributed by atoms with Gasteiger partial charge in [-0.3, -0.25) is 0 Å². The highest BCUT2D eigenvalue weighted by atomic mass is 35.5. The van der Waals surface area contributed by atoms with E-state index in [4.69, 9.17) is 21.1 Å². The molecule has 18 heavy (non-hydrogen) atoms. The number of nitrogens with zero attached hydrogens (tertiary/aromatic N) is 2. The average molecular weight is 269 g/mol. The molecule has 2 rings (SSSR count). The highest BCUT2D eigenvalue weighted by Crippen LogP contribution is 2.23. The summed E-state index contributed by atoms with van der Waals surface area (Å²) in [5.74, 6) is 1.40. The molecule has 1 fully saturated rings. The fraction of sp³-hybridized carbons (Fsp3) is 0.462. The van der Waals surface area contributed by atoms with Gasteiger partial charge in [0.25, 0.3) is 0 Å². The number of morpholine rings is 1. The van der Waals surface area contributed by atoms with Crippen molar-refractivity contribution in [3.63, 3.8) is 0 Å². The topological polar surface area (TPSA) is 34.6 Å². The molecule has 5 heteroatoms. The third-order valence-electron chi connectivity index (χ3n) is 2.72. The van der Waals surface area contributed by atoms with Crippen LogP contribution in [0.15, 0.2) is 18.7 Å². The minimum atomic E-state index is 0.550. The second-order valence-electron chi connectivity index (χ2n) is 3.98. The van der Waals surface area contributed by atoms with E-state index in [1.165, 1.54) is 0 Å². The van der Waals surface area contributed by atoms with Crippen LogP contribution in [0, 0.1) is 0 Å². The van der Waals surface area contributed by atoms with Gasteiger partial charge in [-0.1, -0.05) is 18.2 Å². The number of ether oxygens (including phenoxy) is 2. The lowest BCUT2D eigenvalue weighted by Gasteiger charge is -2.28. The van der Waals surface area contributed by atoms with E-state index in [1.54, 1.807) is 6.07 Å². The van der Waals surface area contributed by atoms with Gasteiger partial charge in [0.1, 0.15) is 17.3 Å². The molecule has 1 saturated heterocycles. The van der Waals surface area contributed by atoms with Gasteiger partial charge in [-0.2, -0.15) is 0 Å². The third-order valence-corrected chi connectivity index (χ3v) is 2.93. The Morgan fingerprint density at radius 2 is 2.22 bits per heavy atom. The van der Waals surface area contributed by atoms with Gasteiger partial charge in [0.2, 0.25) is 0 Å². The Bertz CT molecular complexity index is 431. The Labute approximate surface area is 112 Å². The predicted molar refractivity (Wildman–Crippen MR) is 72.9 cm³/mol. The monoisotopic (exact) mass is 268 g/mol. The lowest BCUT2D eigenvalue weighted by molar-refractivity contribution is 0.122. The summed E-state index contributed by atoms with van der Waals surface area (Å²) >= 11 is 6.12. The maximum Gasteiger partial charge on any atom is 0.137 e. The molecule has 0 aliphatic carbocycles. The van der Waals surface area contributed by atoms with E-state index in [1.807, 2.05) is 13.0 Å². The van der Waals surface area contributed by atoms with Gasteiger partial charge in [0, 0.05) is 18.1 Å². The predicted octanol–water partition coefficient (Wildman–Crippen LogP) is 2.58. The van der Waals surface area contributed by atoms with Gasteiger partial charge in [0.15, 0.2) is 0 Å². The van der Waals surface area contributed by atoms with E-state index >= 15 is 0 Å². The summed E-state index contributed by atoms with van der Waals surface area (Å²) < 4.78 is 10.7. The number of halogens is 1. The molecular weight excluding hydrogens is 252 g/mol. The first-order chi connectivity index (χ1) is 8.70. The molecule has 98 valence electrons. The third kappa shape index (κ3) is 3.15. The molecule has 0 aromatic carbocycles. The summed E-state index contributed by atoms with van der Waals surface area (Å²) in [5.41, 5.74) is 0.686. The minimum Gasteiger partial charge on any atom is -0.492 e. The molecule has 0 saturated carbocycles. The number of anilines is 1. The highest BCUT2D eigenvalue weighted by Gasteiger charge is 2.14. The van der Waals surface area contributed by atoms with Crippen LogP contribution in [0.4, 0.5) is 5.82 Å². The standard InChI is InChI=1S/C13H17ClN2O2/c1-3-18-10(2)12-8-11(14)9-13(15-12)16-4-6-17-7-5-16/h8-9H,2-7H2,1H3. The quantitative estimate of drug-likeness (QED) is 0.786. The zero-order chi connectivity index (χ0) is 13.0. The first-order valence-electron chi connectivity index (χ1n) is 6.03. The Kier molecular flexibility index (Phi) is 4.44. The fourth-order valence-electron chi connectivity index (χ4n) is 1.83. The lowest BCUT2D eigenvalue weighted by atomic mass is 10.3. The average Bonchev–Trinajstić information content (AvgIpc) is 2.39. The SMILES string of the molecule is C=C(OCC)c1cc(Cl)cc(N2CCOCC2)n1. The fourth-order valence-corrected chi connectivity index (χ4v) is 2.03. The molecule has 0 spiro atoms. The van der Waals surface area contributed by atoms with E-state index in [9.17, 15) is 0 Å². The summed E-state index contributed by atoms with van der Waals surface area (Å²) in [7, 11) is 0. The Hall–Kier alpha value is -1.26. The summed E-state index contributed by atoms with van der Waals surface area (Å²) in [6, 6.07) is 3.62. The van der Waals surface area contributed by atoms with Crippen molar-refractivity contribution in [3.05, 3.63) is 29.4 Å². The van der Waals surface area contributed by atoms with Crippen molar-refractivity contribution >= 4 is 23.2 Å². The Balaban J connectivity index is 2.22. The molecule has 0 amide bonds. The molecule has 0 radical (unpaired) electrons. The molecule has 0 N–H and O–H groups in total. The van der Waals surface area contributed by atoms with Crippen LogP contribution in [0.3, 0.4) is 0 Å². The van der Waals surface area contributed by atoms with Crippen LogP contribution < -0.4 is 4.90 Å². The Morgan fingerprint density at radius 3 is 2.89 bits per heavy atom. The van der Waals surface area contributed by atoms with Crippen molar-refractivity contribution in [2.75, 3.05) is 37.8 Å². The molecule has 0 atom stereocenters. The number of hydrogen-bond acceptors (Lipinski definition) is 4. The number of pyridine rings is 1. The molecular formula is C13H17ClN2O2. The van der Waals surface area contributed by atoms with Crippen LogP contribution in [0.25, 0.3) is 5.76 Å². The number of rotatable bonds is 4. The largest absolute Gasteiger partial charge is 0.492 e. The zero-order valence-corrected chi connectivity index (χ0v) is 11.2. The van der Waals surface area contributed by atoms with E-state index in [2.05, 4.69) is 16.5 Å². The summed E-state index contributed by atoms with van der Waals surface area (Å²) in [6.07, 6.45) is 0. The second-order valence-corrected chi connectivity index (χ2v) is 4.42. The van der Waals surface area contributed by atoms with Crippen LogP contribution in [0.1, 0.15) is 12.6 Å². The van der Waals surface area contributed by atoms with E-state index in [0.717, 1.165) is 32.1 Å². The summed E-state index contributed by atoms with van der Waals surface area (Å²) in [4.78, 5) is 6.69. The molecule has 1 aromatic rings. The van der Waals surface area contributed by atoms with Gasteiger partial charge in [0.05, 0.1) is 19.8 Å². The molecule has 0 bridgehead atoms. The second kappa shape index (κ2) is 6.07. The summed E-state index contributed by atoms with van der Waals surface area (Å²) in [6.45, 7) is 9.43. The summed E-state index contributed by atoms with van der Waals surface area (Å²) in [5, 5.41) is 0.641. The van der Waals surface area contributed by atoms with Crippen LogP contribution >= 0.6 is 11.6 Å². The van der Waals surface area contributed by atoms with E-state index < -0.39 is 0 Å². The normalized spacial score (nSPS) is 15.6. The van der Waals surface area contributed by atoms with Crippen LogP contribution in [0.5, 0.6) is 0 Å². The van der Waals surface area contributed by atoms with Crippen molar-refractivity contribution in [1.82, 2.24) is 4.98 Å². The maximum absolute atomic E-state index is 6.12. The lowest BCUT2D eigenvalue weighted by Crippen LogP contribution is -2.36. The highest BCUT2D eigenvalue weighted by molar-refractivity contribution is 6.30. The Morgan fingerprint density at radius 1 is 1.50 bits per heavy atom. The maximum atomic E-state index is 6.12. The first-order valence-corrected chi connectivity index (χ1v) is 6.41. The van der Waals surface area contributed by atoms with Crippen molar-refractivity contribution in [1.29, 1.82) is 0 Å². The van der Waals surface area contributed by atoms with Gasteiger partial charge in [-0.15, -0.1) is 0 Å². The van der Waals surface area contributed by atoms with Crippen LogP contribution in [0.2, 0.25) is 5.02 Å². The van der Waals surface area contributed by atoms with Gasteiger partial charge in [-0.25, -0.2) is 4.98 Å². The minimum absolute atomic E-state index is 0.550. The van der Waals surface area contributed by atoms with Crippen molar-refractivity contribution in [2.24, 2.45) is 0 Å². The van der Waals surface area contributed by atoms with Crippen molar-refractivity contribution in [3.8, 4) is 0 Å². The molecule has 4 nitrogen and oxygen atoms in total. The molecule has 1 aliphatic heterocycles. The van der Waals surface area contributed by atoms with Crippen molar-refractivity contribution < 1.29 is 9.47 Å². The van der Waals surface area contributed by atoms with E-state index in [0.29, 0.717) is 23.1 Å². The van der Waals surface area contributed by atoms with Crippen LogP contribution in [-0.2, 0) is 9.47 Å². The van der Waals surface area contributed by atoms with Crippen LogP contribution in [-0.4, -0.2) is 37.9 Å². The van der Waals surface area contributed by atoms with E-state index in [-0.39, 0.29) is 0 Å². The first kappa shape index (κ1) is 13.2. The molecule has 2 heterocycles. The smallest absolute Gasteiger partial charge is 0.137 e. The van der Waals surface area contributed by atoms with Gasteiger partial charge >= 0.3 is 0 Å². The molecule has 1 aliphatic rings. The van der Waals surface area contributed by atoms with Gasteiger partial charge < -0.3 is 14.4 Å². The van der Waals surface area contributed by atoms with Crippen molar-refractivity contribution in [2.45, 2.75) is 6.92 Å². The van der Waals surface area contributed by atoms with Gasteiger partial charge in [-0.05, 0) is 19.1 Å². The molecule has 1 aromatic heterocycles. The number of aromatic nitrogens is 1. The zero-order valence-electron chi connectivity index (χ0n) is 10.5. The number of hydrogen-bond donors (Lipinski definition) is 0.